The molecule has 1 amide bonds. The number of nitrogens with one attached hydrogen (secondary N) is 1. The number of aryl methyl sites for hydroxylation is 1. The third-order valence-corrected chi connectivity index (χ3v) is 5.78. The lowest BCUT2D eigenvalue weighted by atomic mass is 9.90. The Bertz CT molecular complexity index is 950. The van der Waals surface area contributed by atoms with Crippen molar-refractivity contribution in [2.75, 3.05) is 5.32 Å². The molecule has 2 atom stereocenters. The average Bonchev–Trinajstić information content (AvgIpc) is 3.26. The Labute approximate surface area is 165 Å². The molecule has 8 heteroatoms. The van der Waals surface area contributed by atoms with E-state index in [0.29, 0.717) is 10.2 Å². The number of rotatable bonds is 4. The number of nitrogens with zero attached hydrogens (tertiary/aromatic N) is 2. The van der Waals surface area contributed by atoms with Crippen LogP contribution in [-0.2, 0) is 18.3 Å². The van der Waals surface area contributed by atoms with Crippen LogP contribution in [0.4, 0.5) is 14.5 Å². The first kappa shape index (κ1) is 18.4. The van der Waals surface area contributed by atoms with Crippen LogP contribution < -0.4 is 5.32 Å². The topological polar surface area (TPSA) is 46.9 Å². The van der Waals surface area contributed by atoms with Gasteiger partial charge in [0.15, 0.2) is 0 Å². The second kappa shape index (κ2) is 6.91. The highest BCUT2D eigenvalue weighted by atomic mass is 35.5. The van der Waals surface area contributed by atoms with E-state index < -0.39 is 6.43 Å². The Morgan fingerprint density at radius 1 is 1.33 bits per heavy atom. The molecule has 4 nitrogen and oxygen atoms in total. The van der Waals surface area contributed by atoms with Crippen LogP contribution in [0.1, 0.15) is 53.5 Å². The third kappa shape index (κ3) is 3.15. The van der Waals surface area contributed by atoms with Gasteiger partial charge in [0, 0.05) is 36.3 Å². The number of halogens is 4. The van der Waals surface area contributed by atoms with Gasteiger partial charge in [-0.3, -0.25) is 9.48 Å². The standard InChI is InChI=1S/C19H17Cl2F2N3O/c1-26-8-9(17(25-26)19(22)23)7-14(27)24-13-4-2-3-10-11-5-6-12(15(10)13)16(11)18(20)21/h2-4,8,11-12,19H,5-7H2,1H3,(H,24,27). The predicted octanol–water partition coefficient (Wildman–Crippen LogP) is 5.20. The van der Waals surface area contributed by atoms with Crippen molar-refractivity contribution >= 4 is 34.8 Å². The number of hydrogen-bond acceptors (Lipinski definition) is 2. The average molecular weight is 412 g/mol. The number of fused-ring (bicyclic) bond motifs is 5. The summed E-state index contributed by atoms with van der Waals surface area (Å²) in [6, 6.07) is 5.74. The minimum absolute atomic E-state index is 0.0986. The van der Waals surface area contributed by atoms with Crippen LogP contribution in [0.5, 0.6) is 0 Å². The molecule has 0 saturated heterocycles. The van der Waals surface area contributed by atoms with Crippen molar-refractivity contribution in [1.29, 1.82) is 0 Å². The smallest absolute Gasteiger partial charge is 0.282 e. The molecule has 1 saturated carbocycles. The molecule has 0 radical (unpaired) electrons. The van der Waals surface area contributed by atoms with Crippen LogP contribution in [0.25, 0.3) is 0 Å². The fraction of sp³-hybridized carbons (Fsp3) is 0.368. The van der Waals surface area contributed by atoms with Gasteiger partial charge in [-0.15, -0.1) is 0 Å². The van der Waals surface area contributed by atoms with Crippen molar-refractivity contribution in [3.05, 3.63) is 56.8 Å². The highest BCUT2D eigenvalue weighted by Crippen LogP contribution is 2.60. The first-order valence-electron chi connectivity index (χ1n) is 8.65. The van der Waals surface area contributed by atoms with E-state index in [4.69, 9.17) is 23.2 Å². The summed E-state index contributed by atoms with van der Waals surface area (Å²) in [5, 5.41) is 6.62. The quantitative estimate of drug-likeness (QED) is 0.750. The monoisotopic (exact) mass is 411 g/mol. The van der Waals surface area contributed by atoms with Crippen molar-refractivity contribution in [2.24, 2.45) is 7.05 Å². The van der Waals surface area contributed by atoms with Crippen molar-refractivity contribution in [1.82, 2.24) is 9.78 Å². The fourth-order valence-electron chi connectivity index (χ4n) is 4.40. The molecule has 27 heavy (non-hydrogen) atoms. The number of carbonyl (C=O) groups excluding carboxylic acids is 1. The van der Waals surface area contributed by atoms with E-state index in [0.717, 1.165) is 29.5 Å². The summed E-state index contributed by atoms with van der Waals surface area (Å²) >= 11 is 12.2. The van der Waals surface area contributed by atoms with Gasteiger partial charge in [-0.2, -0.15) is 5.10 Å². The highest BCUT2D eigenvalue weighted by Gasteiger charge is 2.44. The van der Waals surface area contributed by atoms with Crippen LogP contribution in [0, 0.1) is 0 Å². The molecule has 2 bridgehead atoms. The molecule has 1 heterocycles. The summed E-state index contributed by atoms with van der Waals surface area (Å²) in [6.45, 7) is 0. The van der Waals surface area contributed by atoms with Crippen LogP contribution in [0.3, 0.4) is 0 Å². The number of hydrogen-bond donors (Lipinski definition) is 1. The van der Waals surface area contributed by atoms with Gasteiger partial charge >= 0.3 is 0 Å². The normalized spacial score (nSPS) is 20.3. The van der Waals surface area contributed by atoms with E-state index in [1.807, 2.05) is 18.2 Å². The number of amides is 1. The Kier molecular flexibility index (Phi) is 4.72. The Hall–Kier alpha value is -1.92. The summed E-state index contributed by atoms with van der Waals surface area (Å²) in [4.78, 5) is 12.5. The van der Waals surface area contributed by atoms with Gasteiger partial charge in [0.2, 0.25) is 5.91 Å². The summed E-state index contributed by atoms with van der Waals surface area (Å²) in [5.74, 6) is -0.0688. The first-order chi connectivity index (χ1) is 12.9. The zero-order valence-electron chi connectivity index (χ0n) is 14.5. The highest BCUT2D eigenvalue weighted by molar-refractivity contribution is 6.56. The second-order valence-electron chi connectivity index (χ2n) is 6.95. The van der Waals surface area contributed by atoms with Gasteiger partial charge in [-0.1, -0.05) is 35.3 Å². The largest absolute Gasteiger partial charge is 0.326 e. The zero-order valence-corrected chi connectivity index (χ0v) is 16.0. The maximum absolute atomic E-state index is 13.1. The minimum atomic E-state index is -2.72. The minimum Gasteiger partial charge on any atom is -0.326 e. The molecule has 2 unspecified atom stereocenters. The number of allylic oxidation sites excluding steroid dienone is 1. The van der Waals surface area contributed by atoms with Gasteiger partial charge in [0.1, 0.15) is 10.2 Å². The molecule has 1 N–H and O–H groups in total. The number of aromatic nitrogens is 2. The van der Waals surface area contributed by atoms with Crippen LogP contribution in [-0.4, -0.2) is 15.7 Å². The molecule has 2 aliphatic carbocycles. The van der Waals surface area contributed by atoms with E-state index in [9.17, 15) is 13.6 Å². The van der Waals surface area contributed by atoms with Gasteiger partial charge in [0.05, 0.1) is 6.42 Å². The second-order valence-corrected chi connectivity index (χ2v) is 7.90. The van der Waals surface area contributed by atoms with E-state index >= 15 is 0 Å². The van der Waals surface area contributed by atoms with Gasteiger partial charge < -0.3 is 5.32 Å². The van der Waals surface area contributed by atoms with E-state index in [-0.39, 0.29) is 35.4 Å². The summed E-state index contributed by atoms with van der Waals surface area (Å²) in [6.07, 6.45) is 0.489. The SMILES string of the molecule is Cn1cc(CC(=O)Nc2cccc3c2C2CCC3C2=C(Cl)Cl)c(C(F)F)n1. The van der Waals surface area contributed by atoms with E-state index in [2.05, 4.69) is 10.4 Å². The molecule has 4 rings (SSSR count). The number of alkyl halides is 2. The molecule has 0 spiro atoms. The predicted molar refractivity (Wildman–Crippen MR) is 100 cm³/mol. The number of anilines is 1. The molecular weight excluding hydrogens is 395 g/mol. The molecule has 1 aromatic carbocycles. The first-order valence-corrected chi connectivity index (χ1v) is 9.40. The fourth-order valence-corrected chi connectivity index (χ4v) is 4.93. The van der Waals surface area contributed by atoms with Crippen molar-refractivity contribution in [3.63, 3.8) is 0 Å². The van der Waals surface area contributed by atoms with Gasteiger partial charge in [-0.25, -0.2) is 8.78 Å². The van der Waals surface area contributed by atoms with Gasteiger partial charge in [-0.05, 0) is 35.6 Å². The Morgan fingerprint density at radius 3 is 2.78 bits per heavy atom. The van der Waals surface area contributed by atoms with Crippen molar-refractivity contribution in [3.8, 4) is 0 Å². The number of benzene rings is 1. The maximum Gasteiger partial charge on any atom is 0.282 e. The lowest BCUT2D eigenvalue weighted by molar-refractivity contribution is -0.115. The zero-order chi connectivity index (χ0) is 19.3. The molecule has 2 aliphatic rings. The maximum atomic E-state index is 13.1. The Balaban J connectivity index is 1.60. The Morgan fingerprint density at radius 2 is 2.07 bits per heavy atom. The molecule has 1 fully saturated rings. The van der Waals surface area contributed by atoms with Crippen molar-refractivity contribution in [2.45, 2.75) is 37.5 Å². The number of carbonyl (C=O) groups is 1. The molecule has 2 aromatic rings. The lowest BCUT2D eigenvalue weighted by Gasteiger charge is -2.18. The molecular formula is C19H17Cl2F2N3O. The van der Waals surface area contributed by atoms with Crippen LogP contribution in [0.2, 0.25) is 0 Å². The van der Waals surface area contributed by atoms with Crippen LogP contribution >= 0.6 is 23.2 Å². The molecule has 0 aliphatic heterocycles. The summed E-state index contributed by atoms with van der Waals surface area (Å²) < 4.78 is 27.8. The van der Waals surface area contributed by atoms with Crippen molar-refractivity contribution < 1.29 is 13.6 Å². The third-order valence-electron chi connectivity index (χ3n) is 5.35. The van der Waals surface area contributed by atoms with E-state index in [1.165, 1.54) is 10.9 Å². The molecule has 1 aromatic heterocycles. The summed E-state index contributed by atoms with van der Waals surface area (Å²) in [5.41, 5.74) is 3.75. The summed E-state index contributed by atoms with van der Waals surface area (Å²) in [7, 11) is 1.55. The van der Waals surface area contributed by atoms with E-state index in [1.54, 1.807) is 7.05 Å². The lowest BCUT2D eigenvalue weighted by Crippen LogP contribution is -2.17. The van der Waals surface area contributed by atoms with Gasteiger partial charge in [0.25, 0.3) is 6.43 Å². The molecule has 142 valence electrons. The van der Waals surface area contributed by atoms with Crippen LogP contribution in [0.15, 0.2) is 34.5 Å².